The van der Waals surface area contributed by atoms with Crippen molar-refractivity contribution in [2.45, 2.75) is 53.0 Å². The average Bonchev–Trinajstić information content (AvgIpc) is 3.14. The first-order valence-electron chi connectivity index (χ1n) is 11.8. The third kappa shape index (κ3) is 4.73. The molecule has 1 N–H and O–H groups in total. The molecule has 1 amide bonds. The number of benzene rings is 2. The highest BCUT2D eigenvalue weighted by Crippen LogP contribution is 2.42. The number of carbonyl (C=O) groups is 1. The molecule has 3 aromatic rings. The number of carbonyl (C=O) groups excluding carboxylic acids is 1. The van der Waals surface area contributed by atoms with Gasteiger partial charge in [0, 0.05) is 35.1 Å². The molecule has 4 rings (SSSR count). The van der Waals surface area contributed by atoms with Crippen LogP contribution in [0.5, 0.6) is 11.5 Å². The molecule has 33 heavy (non-hydrogen) atoms. The van der Waals surface area contributed by atoms with E-state index in [9.17, 15) is 4.79 Å². The maximum Gasteiger partial charge on any atom is 0.223 e. The van der Waals surface area contributed by atoms with E-state index in [4.69, 9.17) is 9.47 Å². The van der Waals surface area contributed by atoms with Gasteiger partial charge in [-0.3, -0.25) is 4.79 Å². The lowest BCUT2D eigenvalue weighted by Gasteiger charge is -2.37. The van der Waals surface area contributed by atoms with Crippen molar-refractivity contribution in [3.05, 3.63) is 59.3 Å². The molecule has 0 saturated carbocycles. The number of H-pyrrole nitrogens is 1. The Morgan fingerprint density at radius 3 is 2.61 bits per heavy atom. The molecule has 0 spiro atoms. The number of hydrogen-bond acceptors (Lipinski definition) is 3. The smallest absolute Gasteiger partial charge is 0.223 e. The molecule has 5 heteroatoms. The minimum atomic E-state index is -0.211. The number of para-hydroxylation sites is 1. The van der Waals surface area contributed by atoms with Crippen LogP contribution >= 0.6 is 0 Å². The van der Waals surface area contributed by atoms with Crippen LogP contribution in [-0.4, -0.2) is 36.6 Å². The quantitative estimate of drug-likeness (QED) is 0.494. The molecule has 0 saturated heterocycles. The van der Waals surface area contributed by atoms with E-state index >= 15 is 0 Å². The number of nitrogens with zero attached hydrogens (tertiary/aromatic N) is 1. The molecule has 1 aliphatic heterocycles. The van der Waals surface area contributed by atoms with Crippen LogP contribution in [0.15, 0.2) is 42.5 Å². The molecule has 2 atom stereocenters. The van der Waals surface area contributed by atoms with Crippen LogP contribution in [-0.2, 0) is 11.2 Å². The normalized spacial score (nSPS) is 17.0. The molecule has 176 valence electrons. The van der Waals surface area contributed by atoms with Gasteiger partial charge in [-0.05, 0) is 54.0 Å². The van der Waals surface area contributed by atoms with Gasteiger partial charge in [-0.25, -0.2) is 0 Å². The monoisotopic (exact) mass is 448 g/mol. The van der Waals surface area contributed by atoms with Crippen molar-refractivity contribution in [3.63, 3.8) is 0 Å². The molecule has 0 bridgehead atoms. The minimum Gasteiger partial charge on any atom is -0.497 e. The Bertz CT molecular complexity index is 1140. The number of methoxy groups -OCH3 is 2. The van der Waals surface area contributed by atoms with Crippen molar-refractivity contribution in [2.24, 2.45) is 11.3 Å². The van der Waals surface area contributed by atoms with E-state index in [1.165, 1.54) is 5.56 Å². The summed E-state index contributed by atoms with van der Waals surface area (Å²) in [5, 5.41) is 1.16. The lowest BCUT2D eigenvalue weighted by Crippen LogP contribution is -2.41. The first-order valence-corrected chi connectivity index (χ1v) is 11.8. The summed E-state index contributed by atoms with van der Waals surface area (Å²) >= 11 is 0. The molecule has 0 aliphatic carbocycles. The van der Waals surface area contributed by atoms with Gasteiger partial charge in [0.1, 0.15) is 17.5 Å². The van der Waals surface area contributed by atoms with Crippen LogP contribution in [0.2, 0.25) is 0 Å². The van der Waals surface area contributed by atoms with Crippen LogP contribution < -0.4 is 9.47 Å². The summed E-state index contributed by atoms with van der Waals surface area (Å²) in [5.41, 5.74) is 4.61. The first-order chi connectivity index (χ1) is 15.7. The van der Waals surface area contributed by atoms with Crippen LogP contribution in [0, 0.1) is 11.3 Å². The molecule has 2 aromatic carbocycles. The van der Waals surface area contributed by atoms with E-state index in [1.54, 1.807) is 14.2 Å². The Hall–Kier alpha value is -2.95. The Morgan fingerprint density at radius 2 is 1.91 bits per heavy atom. The number of amides is 1. The summed E-state index contributed by atoms with van der Waals surface area (Å²) in [6, 6.07) is 13.9. The van der Waals surface area contributed by atoms with E-state index in [0.29, 0.717) is 18.9 Å². The predicted octanol–water partition coefficient (Wildman–Crippen LogP) is 6.12. The highest BCUT2D eigenvalue weighted by molar-refractivity contribution is 5.88. The number of hydrogen-bond donors (Lipinski definition) is 1. The van der Waals surface area contributed by atoms with Gasteiger partial charge in [0.05, 0.1) is 14.2 Å². The zero-order chi connectivity index (χ0) is 23.8. The SMILES string of the molecule is COc1ccc2[nH]c3c(c2c1)CCN(C(=O)C[C@H](C)CC(C)(C)C)[C@@H]3c1ccccc1OC. The highest BCUT2D eigenvalue weighted by Gasteiger charge is 2.36. The van der Waals surface area contributed by atoms with Gasteiger partial charge in [0.25, 0.3) is 0 Å². The van der Waals surface area contributed by atoms with Crippen molar-refractivity contribution in [1.29, 1.82) is 0 Å². The van der Waals surface area contributed by atoms with Crippen LogP contribution in [0.1, 0.15) is 63.4 Å². The summed E-state index contributed by atoms with van der Waals surface area (Å²) < 4.78 is 11.2. The second kappa shape index (κ2) is 9.12. The Morgan fingerprint density at radius 1 is 1.15 bits per heavy atom. The number of ether oxygens (including phenoxy) is 2. The van der Waals surface area contributed by atoms with Crippen LogP contribution in [0.4, 0.5) is 0 Å². The molecule has 1 aromatic heterocycles. The molecule has 1 aliphatic rings. The maximum atomic E-state index is 13.7. The number of fused-ring (bicyclic) bond motifs is 3. The van der Waals surface area contributed by atoms with Gasteiger partial charge < -0.3 is 19.4 Å². The van der Waals surface area contributed by atoms with Crippen molar-refractivity contribution in [3.8, 4) is 11.5 Å². The standard InChI is InChI=1S/C28H36N2O3/c1-18(17-28(2,3)4)15-25(31)30-14-13-20-22-16-19(32-5)11-12-23(22)29-26(20)27(30)21-9-7-8-10-24(21)33-6/h7-12,16,18,27,29H,13-15,17H2,1-6H3/t18-,27+/m0/s1. The Balaban J connectivity index is 1.78. The summed E-state index contributed by atoms with van der Waals surface area (Å²) in [4.78, 5) is 19.3. The van der Waals surface area contributed by atoms with Crippen LogP contribution in [0.3, 0.4) is 0 Å². The fourth-order valence-electron chi connectivity index (χ4n) is 5.41. The summed E-state index contributed by atoms with van der Waals surface area (Å²) in [7, 11) is 3.38. The Labute approximate surface area is 197 Å². The summed E-state index contributed by atoms with van der Waals surface area (Å²) in [5.74, 6) is 2.16. The number of aromatic amines is 1. The zero-order valence-corrected chi connectivity index (χ0v) is 20.7. The highest BCUT2D eigenvalue weighted by atomic mass is 16.5. The van der Waals surface area contributed by atoms with E-state index < -0.39 is 0 Å². The zero-order valence-electron chi connectivity index (χ0n) is 20.7. The molecular weight excluding hydrogens is 412 g/mol. The van der Waals surface area contributed by atoms with Gasteiger partial charge >= 0.3 is 0 Å². The van der Waals surface area contributed by atoms with E-state index in [0.717, 1.165) is 46.5 Å². The van der Waals surface area contributed by atoms with E-state index in [2.05, 4.69) is 50.9 Å². The van der Waals surface area contributed by atoms with Gasteiger partial charge in [0.15, 0.2) is 0 Å². The maximum absolute atomic E-state index is 13.7. The lowest BCUT2D eigenvalue weighted by atomic mass is 9.83. The molecule has 0 fully saturated rings. The van der Waals surface area contributed by atoms with Crippen LogP contribution in [0.25, 0.3) is 10.9 Å². The number of nitrogens with one attached hydrogen (secondary N) is 1. The fraction of sp³-hybridized carbons (Fsp3) is 0.464. The minimum absolute atomic E-state index is 0.199. The second-order valence-corrected chi connectivity index (χ2v) is 10.5. The first kappa shape index (κ1) is 23.2. The summed E-state index contributed by atoms with van der Waals surface area (Å²) in [6.07, 6.45) is 2.38. The molecular formula is C28H36N2O3. The molecule has 0 radical (unpaired) electrons. The fourth-order valence-corrected chi connectivity index (χ4v) is 5.41. The van der Waals surface area contributed by atoms with Gasteiger partial charge in [-0.1, -0.05) is 45.9 Å². The van der Waals surface area contributed by atoms with Crippen molar-refractivity contribution < 1.29 is 14.3 Å². The molecule has 0 unspecified atom stereocenters. The lowest BCUT2D eigenvalue weighted by molar-refractivity contribution is -0.134. The molecule has 5 nitrogen and oxygen atoms in total. The van der Waals surface area contributed by atoms with E-state index in [1.807, 2.05) is 29.2 Å². The summed E-state index contributed by atoms with van der Waals surface area (Å²) in [6.45, 7) is 9.57. The number of rotatable bonds is 6. The molecule has 2 heterocycles. The largest absolute Gasteiger partial charge is 0.497 e. The average molecular weight is 449 g/mol. The topological polar surface area (TPSA) is 54.6 Å². The third-order valence-electron chi connectivity index (χ3n) is 6.57. The van der Waals surface area contributed by atoms with Gasteiger partial charge in [0.2, 0.25) is 5.91 Å². The third-order valence-corrected chi connectivity index (χ3v) is 6.57. The second-order valence-electron chi connectivity index (χ2n) is 10.5. The van der Waals surface area contributed by atoms with Gasteiger partial charge in [-0.15, -0.1) is 0 Å². The van der Waals surface area contributed by atoms with E-state index in [-0.39, 0.29) is 17.4 Å². The Kier molecular flexibility index (Phi) is 6.42. The van der Waals surface area contributed by atoms with Crippen molar-refractivity contribution in [2.75, 3.05) is 20.8 Å². The van der Waals surface area contributed by atoms with Crippen molar-refractivity contribution >= 4 is 16.8 Å². The van der Waals surface area contributed by atoms with Gasteiger partial charge in [-0.2, -0.15) is 0 Å². The number of aromatic nitrogens is 1. The van der Waals surface area contributed by atoms with Crippen molar-refractivity contribution in [1.82, 2.24) is 9.88 Å². The predicted molar refractivity (Wildman–Crippen MR) is 133 cm³/mol.